The lowest BCUT2D eigenvalue weighted by molar-refractivity contribution is 0.264. The molecule has 0 aromatic carbocycles. The third-order valence-electron chi connectivity index (χ3n) is 2.26. The maximum Gasteiger partial charge on any atom is 0.218 e. The second-order valence-corrected chi connectivity index (χ2v) is 4.55. The van der Waals surface area contributed by atoms with E-state index in [1.165, 1.54) is 19.3 Å². The Morgan fingerprint density at radius 1 is 1.42 bits per heavy atom. The first-order chi connectivity index (χ1) is 5.75. The molecule has 1 saturated carbocycles. The smallest absolute Gasteiger partial charge is 0.218 e. The zero-order chi connectivity index (χ0) is 8.55. The molecule has 1 heterocycles. The highest BCUT2D eigenvalue weighted by atomic mass is 79.9. The van der Waals surface area contributed by atoms with E-state index in [4.69, 9.17) is 0 Å². The number of halogens is 2. The van der Waals surface area contributed by atoms with Crippen molar-refractivity contribution < 1.29 is 0 Å². The van der Waals surface area contributed by atoms with Crippen LogP contribution in [0.3, 0.4) is 0 Å². The Balaban J connectivity index is 2.05. The fourth-order valence-electron chi connectivity index (χ4n) is 1.33. The molecule has 5 heteroatoms. The summed E-state index contributed by atoms with van der Waals surface area (Å²) >= 11 is 6.60. The van der Waals surface area contributed by atoms with Crippen LogP contribution in [0.4, 0.5) is 0 Å². The molecule has 1 aliphatic rings. The average molecular weight is 295 g/mol. The molecule has 0 amide bonds. The molecule has 0 N–H and O–H groups in total. The summed E-state index contributed by atoms with van der Waals surface area (Å²) in [7, 11) is 0. The van der Waals surface area contributed by atoms with Gasteiger partial charge >= 0.3 is 0 Å². The largest absolute Gasteiger partial charge is 0.239 e. The molecule has 0 aliphatic heterocycles. The van der Waals surface area contributed by atoms with Gasteiger partial charge in [-0.3, -0.25) is 0 Å². The van der Waals surface area contributed by atoms with Crippen molar-refractivity contribution in [3.05, 3.63) is 9.47 Å². The third-order valence-corrected chi connectivity index (χ3v) is 3.18. The number of aromatic nitrogens is 3. The summed E-state index contributed by atoms with van der Waals surface area (Å²) in [5.74, 6) is 0.815. The van der Waals surface area contributed by atoms with Gasteiger partial charge in [-0.1, -0.05) is 6.42 Å². The Labute approximate surface area is 87.8 Å². The Hall–Kier alpha value is 0.1000. The second kappa shape index (κ2) is 3.46. The standard InChI is InChI=1S/C7H9Br2N3/c8-6-10-7(9)12(11-6)4-5-2-1-3-5/h5H,1-4H2. The Kier molecular flexibility index (Phi) is 2.50. The summed E-state index contributed by atoms with van der Waals surface area (Å²) in [6.07, 6.45) is 4.05. The average Bonchev–Trinajstić information content (AvgIpc) is 2.21. The lowest BCUT2D eigenvalue weighted by Gasteiger charge is -2.24. The van der Waals surface area contributed by atoms with Crippen LogP contribution in [0.2, 0.25) is 0 Å². The molecule has 3 nitrogen and oxygen atoms in total. The molecule has 66 valence electrons. The van der Waals surface area contributed by atoms with Crippen molar-refractivity contribution >= 4 is 31.9 Å². The van der Waals surface area contributed by atoms with E-state index in [2.05, 4.69) is 41.9 Å². The van der Waals surface area contributed by atoms with Gasteiger partial charge in [0.25, 0.3) is 0 Å². The van der Waals surface area contributed by atoms with Gasteiger partial charge < -0.3 is 0 Å². The Morgan fingerprint density at radius 3 is 2.58 bits per heavy atom. The zero-order valence-corrected chi connectivity index (χ0v) is 9.68. The number of rotatable bonds is 2. The molecule has 1 aliphatic carbocycles. The first-order valence-electron chi connectivity index (χ1n) is 4.01. The van der Waals surface area contributed by atoms with E-state index in [1.54, 1.807) is 0 Å². The predicted octanol–water partition coefficient (Wildman–Crippen LogP) is 2.60. The summed E-state index contributed by atoms with van der Waals surface area (Å²) in [6.45, 7) is 0.999. The van der Waals surface area contributed by atoms with Crippen molar-refractivity contribution in [1.29, 1.82) is 0 Å². The first-order valence-corrected chi connectivity index (χ1v) is 5.60. The number of nitrogens with zero attached hydrogens (tertiary/aromatic N) is 3. The summed E-state index contributed by atoms with van der Waals surface area (Å²) in [5.41, 5.74) is 0. The van der Waals surface area contributed by atoms with Crippen LogP contribution in [0.15, 0.2) is 9.47 Å². The maximum atomic E-state index is 4.21. The molecule has 2 rings (SSSR count). The normalized spacial score (nSPS) is 17.8. The van der Waals surface area contributed by atoms with E-state index in [0.29, 0.717) is 4.73 Å². The topological polar surface area (TPSA) is 30.7 Å². The van der Waals surface area contributed by atoms with E-state index >= 15 is 0 Å². The molecule has 0 unspecified atom stereocenters. The minimum Gasteiger partial charge on any atom is -0.239 e. The van der Waals surface area contributed by atoms with Crippen LogP contribution in [-0.4, -0.2) is 14.8 Å². The zero-order valence-electron chi connectivity index (χ0n) is 6.50. The van der Waals surface area contributed by atoms with Crippen LogP contribution in [0, 0.1) is 5.92 Å². The molecule has 1 aromatic heterocycles. The SMILES string of the molecule is Brc1nc(Br)n(CC2CCC2)n1. The van der Waals surface area contributed by atoms with Crippen LogP contribution in [0.1, 0.15) is 19.3 Å². The van der Waals surface area contributed by atoms with Gasteiger partial charge in [0.2, 0.25) is 4.73 Å². The minimum absolute atomic E-state index is 0.661. The van der Waals surface area contributed by atoms with Gasteiger partial charge in [0, 0.05) is 6.54 Å². The van der Waals surface area contributed by atoms with Crippen LogP contribution >= 0.6 is 31.9 Å². The lowest BCUT2D eigenvalue weighted by atomic mass is 9.86. The summed E-state index contributed by atoms with van der Waals surface area (Å²) in [4.78, 5) is 4.11. The van der Waals surface area contributed by atoms with Gasteiger partial charge in [-0.05, 0) is 50.6 Å². The molecule has 0 bridgehead atoms. The molecule has 0 radical (unpaired) electrons. The quantitative estimate of drug-likeness (QED) is 0.839. The van der Waals surface area contributed by atoms with Gasteiger partial charge in [0.15, 0.2) is 4.73 Å². The van der Waals surface area contributed by atoms with Crippen molar-refractivity contribution in [1.82, 2.24) is 14.8 Å². The minimum atomic E-state index is 0.661. The van der Waals surface area contributed by atoms with Crippen molar-refractivity contribution in [2.24, 2.45) is 5.92 Å². The molecule has 0 atom stereocenters. The van der Waals surface area contributed by atoms with Crippen LogP contribution in [-0.2, 0) is 6.54 Å². The predicted molar refractivity (Wildman–Crippen MR) is 52.8 cm³/mol. The molecule has 0 saturated heterocycles. The molecule has 1 fully saturated rings. The first kappa shape index (κ1) is 8.69. The highest BCUT2D eigenvalue weighted by Gasteiger charge is 2.19. The molecule has 0 spiro atoms. The number of hydrogen-bond donors (Lipinski definition) is 0. The summed E-state index contributed by atoms with van der Waals surface area (Å²) in [5, 5.41) is 4.21. The van der Waals surface area contributed by atoms with Gasteiger partial charge in [0.05, 0.1) is 0 Å². The monoisotopic (exact) mass is 293 g/mol. The van der Waals surface area contributed by atoms with E-state index in [1.807, 2.05) is 4.68 Å². The van der Waals surface area contributed by atoms with E-state index in [9.17, 15) is 0 Å². The highest BCUT2D eigenvalue weighted by molar-refractivity contribution is 9.11. The van der Waals surface area contributed by atoms with Gasteiger partial charge in [0.1, 0.15) is 0 Å². The van der Waals surface area contributed by atoms with Gasteiger partial charge in [-0.25, -0.2) is 4.68 Å². The van der Waals surface area contributed by atoms with Crippen molar-refractivity contribution in [3.63, 3.8) is 0 Å². The lowest BCUT2D eigenvalue weighted by Crippen LogP contribution is -2.18. The fraction of sp³-hybridized carbons (Fsp3) is 0.714. The number of hydrogen-bond acceptors (Lipinski definition) is 2. The van der Waals surface area contributed by atoms with Crippen LogP contribution < -0.4 is 0 Å². The molecule has 12 heavy (non-hydrogen) atoms. The van der Waals surface area contributed by atoms with E-state index < -0.39 is 0 Å². The van der Waals surface area contributed by atoms with Crippen LogP contribution in [0.25, 0.3) is 0 Å². The second-order valence-electron chi connectivity index (χ2n) is 3.13. The fourth-order valence-corrected chi connectivity index (χ4v) is 2.32. The van der Waals surface area contributed by atoms with Crippen molar-refractivity contribution in [3.8, 4) is 0 Å². The summed E-state index contributed by atoms with van der Waals surface area (Å²) in [6, 6.07) is 0. The molecular weight excluding hydrogens is 286 g/mol. The van der Waals surface area contributed by atoms with Gasteiger partial charge in [-0.2, -0.15) is 4.98 Å². The van der Waals surface area contributed by atoms with Crippen LogP contribution in [0.5, 0.6) is 0 Å². The van der Waals surface area contributed by atoms with Gasteiger partial charge in [-0.15, -0.1) is 5.10 Å². The molecule has 1 aromatic rings. The third kappa shape index (κ3) is 1.71. The van der Waals surface area contributed by atoms with Crippen molar-refractivity contribution in [2.45, 2.75) is 25.8 Å². The van der Waals surface area contributed by atoms with E-state index in [-0.39, 0.29) is 0 Å². The highest BCUT2D eigenvalue weighted by Crippen LogP contribution is 2.28. The molecular formula is C7H9Br2N3. The summed E-state index contributed by atoms with van der Waals surface area (Å²) < 4.78 is 3.39. The van der Waals surface area contributed by atoms with Crippen molar-refractivity contribution in [2.75, 3.05) is 0 Å². The Bertz CT molecular complexity index is 280. The van der Waals surface area contributed by atoms with E-state index in [0.717, 1.165) is 17.2 Å². The maximum absolute atomic E-state index is 4.21. The Morgan fingerprint density at radius 2 is 2.17 bits per heavy atom.